The Kier molecular flexibility index (Phi) is 3.65. The molecule has 0 aromatic carbocycles. The predicted octanol–water partition coefficient (Wildman–Crippen LogP) is 1.16. The Morgan fingerprint density at radius 3 is 2.29 bits per heavy atom. The van der Waals surface area contributed by atoms with Crippen molar-refractivity contribution in [2.75, 3.05) is 0 Å². The molecule has 2 rings (SSSR count). The van der Waals surface area contributed by atoms with Crippen LogP contribution in [0.5, 0.6) is 0 Å². The van der Waals surface area contributed by atoms with Gasteiger partial charge in [0.05, 0.1) is 12.7 Å². The van der Waals surface area contributed by atoms with Crippen LogP contribution in [0.4, 0.5) is 0 Å². The molecule has 2 aromatic rings. The highest BCUT2D eigenvalue weighted by Gasteiger charge is 2.22. The van der Waals surface area contributed by atoms with Gasteiger partial charge in [-0.05, 0) is 34.6 Å². The van der Waals surface area contributed by atoms with E-state index in [0.717, 1.165) is 5.56 Å². The van der Waals surface area contributed by atoms with Crippen LogP contribution in [0.1, 0.15) is 37.6 Å². The van der Waals surface area contributed by atoms with Crippen molar-refractivity contribution in [3.8, 4) is 0 Å². The van der Waals surface area contributed by atoms with Gasteiger partial charge in [-0.1, -0.05) is 0 Å². The van der Waals surface area contributed by atoms with Crippen molar-refractivity contribution in [3.05, 3.63) is 50.1 Å². The third kappa shape index (κ3) is 2.70. The first-order valence-corrected chi connectivity index (χ1v) is 6.94. The van der Waals surface area contributed by atoms with E-state index in [-0.39, 0.29) is 11.2 Å². The van der Waals surface area contributed by atoms with E-state index in [9.17, 15) is 9.59 Å². The maximum atomic E-state index is 12.7. The number of nitrogens with zero attached hydrogens (tertiary/aromatic N) is 4. The third-order valence-corrected chi connectivity index (χ3v) is 3.66. The van der Waals surface area contributed by atoms with Crippen molar-refractivity contribution >= 4 is 0 Å². The van der Waals surface area contributed by atoms with Crippen molar-refractivity contribution in [1.29, 1.82) is 0 Å². The Morgan fingerprint density at radius 1 is 1.19 bits per heavy atom. The molecule has 0 aliphatic heterocycles. The Labute approximate surface area is 123 Å². The van der Waals surface area contributed by atoms with E-state index in [4.69, 9.17) is 0 Å². The summed E-state index contributed by atoms with van der Waals surface area (Å²) in [6.07, 6.45) is 3.60. The molecule has 6 nitrogen and oxygen atoms in total. The standard InChI is InChI=1S/C15H22N4O2/c1-10-11(2)18(9-12-7-16-17(6)8-12)14(21)19(13(10)20)15(3,4)5/h7-8H,9H2,1-6H3. The maximum Gasteiger partial charge on any atom is 0.332 e. The Bertz CT molecular complexity index is 787. The van der Waals surface area contributed by atoms with Gasteiger partial charge in [0.25, 0.3) is 5.56 Å². The Hall–Kier alpha value is -2.11. The summed E-state index contributed by atoms with van der Waals surface area (Å²) in [5.74, 6) is 0. The van der Waals surface area contributed by atoms with Crippen molar-refractivity contribution < 1.29 is 0 Å². The van der Waals surface area contributed by atoms with Gasteiger partial charge < -0.3 is 0 Å². The van der Waals surface area contributed by atoms with E-state index >= 15 is 0 Å². The maximum absolute atomic E-state index is 12.7. The number of hydrogen-bond donors (Lipinski definition) is 0. The van der Waals surface area contributed by atoms with Gasteiger partial charge in [0.2, 0.25) is 0 Å². The molecule has 0 aliphatic carbocycles. The van der Waals surface area contributed by atoms with E-state index in [1.807, 2.05) is 40.9 Å². The zero-order valence-corrected chi connectivity index (χ0v) is 13.5. The normalized spacial score (nSPS) is 11.9. The second kappa shape index (κ2) is 5.02. The van der Waals surface area contributed by atoms with Gasteiger partial charge in [-0.2, -0.15) is 5.10 Å². The van der Waals surface area contributed by atoms with Crippen molar-refractivity contribution in [2.45, 2.75) is 46.7 Å². The van der Waals surface area contributed by atoms with Crippen molar-refractivity contribution in [3.63, 3.8) is 0 Å². The molecule has 114 valence electrons. The monoisotopic (exact) mass is 290 g/mol. The van der Waals surface area contributed by atoms with Gasteiger partial charge in [0, 0.05) is 35.6 Å². The van der Waals surface area contributed by atoms with E-state index in [1.54, 1.807) is 22.4 Å². The largest absolute Gasteiger partial charge is 0.332 e. The van der Waals surface area contributed by atoms with Crippen LogP contribution in [0.15, 0.2) is 22.0 Å². The van der Waals surface area contributed by atoms with Gasteiger partial charge in [0.1, 0.15) is 0 Å². The summed E-state index contributed by atoms with van der Waals surface area (Å²) < 4.78 is 4.66. The van der Waals surface area contributed by atoms with Crippen LogP contribution in [0.2, 0.25) is 0 Å². The van der Waals surface area contributed by atoms with Crippen LogP contribution >= 0.6 is 0 Å². The highest BCUT2D eigenvalue weighted by molar-refractivity contribution is 5.17. The predicted molar refractivity (Wildman–Crippen MR) is 81.7 cm³/mol. The zero-order valence-electron chi connectivity index (χ0n) is 13.5. The van der Waals surface area contributed by atoms with Crippen LogP contribution in [-0.2, 0) is 19.1 Å². The topological polar surface area (TPSA) is 61.8 Å². The molecule has 6 heteroatoms. The smallest absolute Gasteiger partial charge is 0.293 e. The molecule has 0 fully saturated rings. The molecular formula is C15H22N4O2. The van der Waals surface area contributed by atoms with Gasteiger partial charge in [-0.25, -0.2) is 4.79 Å². The summed E-state index contributed by atoms with van der Waals surface area (Å²) >= 11 is 0. The molecule has 0 N–H and O–H groups in total. The zero-order chi connectivity index (χ0) is 15.9. The van der Waals surface area contributed by atoms with E-state index in [2.05, 4.69) is 5.10 Å². The fourth-order valence-corrected chi connectivity index (χ4v) is 2.39. The molecule has 2 aromatic heterocycles. The molecule has 0 saturated heterocycles. The first kappa shape index (κ1) is 15.3. The Balaban J connectivity index is 2.69. The van der Waals surface area contributed by atoms with Gasteiger partial charge in [-0.3, -0.25) is 18.6 Å². The average molecular weight is 290 g/mol. The lowest BCUT2D eigenvalue weighted by Gasteiger charge is -2.24. The van der Waals surface area contributed by atoms with Crippen molar-refractivity contribution in [1.82, 2.24) is 18.9 Å². The molecule has 21 heavy (non-hydrogen) atoms. The summed E-state index contributed by atoms with van der Waals surface area (Å²) in [4.78, 5) is 25.1. The van der Waals surface area contributed by atoms with E-state index in [1.165, 1.54) is 4.57 Å². The lowest BCUT2D eigenvalue weighted by Crippen LogP contribution is -2.49. The number of hydrogen-bond acceptors (Lipinski definition) is 3. The number of rotatable bonds is 2. The van der Waals surface area contributed by atoms with Crippen LogP contribution in [0.3, 0.4) is 0 Å². The molecule has 0 unspecified atom stereocenters. The lowest BCUT2D eigenvalue weighted by molar-refractivity contribution is 0.352. The Morgan fingerprint density at radius 2 is 1.81 bits per heavy atom. The van der Waals surface area contributed by atoms with E-state index < -0.39 is 5.54 Å². The van der Waals surface area contributed by atoms with Crippen molar-refractivity contribution in [2.24, 2.45) is 7.05 Å². The molecule has 0 bridgehead atoms. The quantitative estimate of drug-likeness (QED) is 0.834. The third-order valence-electron chi connectivity index (χ3n) is 3.66. The lowest BCUT2D eigenvalue weighted by atomic mass is 10.1. The molecular weight excluding hydrogens is 268 g/mol. The first-order valence-electron chi connectivity index (χ1n) is 6.94. The molecule has 0 radical (unpaired) electrons. The van der Waals surface area contributed by atoms with Gasteiger partial charge in [-0.15, -0.1) is 0 Å². The summed E-state index contributed by atoms with van der Waals surface area (Å²) in [5, 5.41) is 4.12. The molecule has 0 aliphatic rings. The van der Waals surface area contributed by atoms with Crippen LogP contribution < -0.4 is 11.2 Å². The molecule has 0 atom stereocenters. The minimum absolute atomic E-state index is 0.215. The molecule has 2 heterocycles. The van der Waals surface area contributed by atoms with Crippen LogP contribution in [-0.4, -0.2) is 18.9 Å². The van der Waals surface area contributed by atoms with Gasteiger partial charge >= 0.3 is 5.69 Å². The fraction of sp³-hybridized carbons (Fsp3) is 0.533. The minimum atomic E-state index is -0.552. The highest BCUT2D eigenvalue weighted by atomic mass is 16.2. The highest BCUT2D eigenvalue weighted by Crippen LogP contribution is 2.10. The van der Waals surface area contributed by atoms with Crippen LogP contribution in [0, 0.1) is 13.8 Å². The second-order valence-electron chi connectivity index (χ2n) is 6.41. The molecule has 0 amide bonds. The summed E-state index contributed by atoms with van der Waals surface area (Å²) in [6, 6.07) is 0. The molecule has 0 spiro atoms. The average Bonchev–Trinajstić information content (AvgIpc) is 2.76. The first-order chi connectivity index (χ1) is 9.62. The summed E-state index contributed by atoms with van der Waals surface area (Å²) in [7, 11) is 1.83. The second-order valence-corrected chi connectivity index (χ2v) is 6.41. The SMILES string of the molecule is Cc1c(C)n(Cc2cnn(C)c2)c(=O)n(C(C)(C)C)c1=O. The van der Waals surface area contributed by atoms with Crippen LogP contribution in [0.25, 0.3) is 0 Å². The summed E-state index contributed by atoms with van der Waals surface area (Å²) in [6.45, 7) is 9.56. The number of aryl methyl sites for hydroxylation is 1. The van der Waals surface area contributed by atoms with Gasteiger partial charge in [0.15, 0.2) is 0 Å². The fourth-order valence-electron chi connectivity index (χ4n) is 2.39. The minimum Gasteiger partial charge on any atom is -0.293 e. The number of aromatic nitrogens is 4. The summed E-state index contributed by atoms with van der Waals surface area (Å²) in [5.41, 5.74) is 1.19. The van der Waals surface area contributed by atoms with E-state index in [0.29, 0.717) is 17.8 Å². The molecule has 0 saturated carbocycles.